The maximum atomic E-state index is 12.2. The SMILES string of the molecule is O=C(CCc1ccc2c(c1)OCO2)NC[C@H]1CCCc2ccccc21. The van der Waals surface area contributed by atoms with Gasteiger partial charge in [0, 0.05) is 18.9 Å². The summed E-state index contributed by atoms with van der Waals surface area (Å²) >= 11 is 0. The molecule has 4 rings (SSSR count). The number of hydrogen-bond donors (Lipinski definition) is 1. The van der Waals surface area contributed by atoms with Gasteiger partial charge in [-0.2, -0.15) is 0 Å². The molecule has 1 aliphatic carbocycles. The topological polar surface area (TPSA) is 47.6 Å². The first kappa shape index (κ1) is 16.0. The molecule has 1 heterocycles. The van der Waals surface area contributed by atoms with Crippen LogP contribution in [-0.4, -0.2) is 19.2 Å². The van der Waals surface area contributed by atoms with Gasteiger partial charge in [0.05, 0.1) is 0 Å². The number of fused-ring (bicyclic) bond motifs is 2. The Morgan fingerprint density at radius 2 is 2.00 bits per heavy atom. The fourth-order valence-corrected chi connectivity index (χ4v) is 3.75. The van der Waals surface area contributed by atoms with E-state index in [2.05, 4.69) is 29.6 Å². The molecule has 25 heavy (non-hydrogen) atoms. The van der Waals surface area contributed by atoms with Crippen molar-refractivity contribution in [3.8, 4) is 11.5 Å². The van der Waals surface area contributed by atoms with Crippen LogP contribution in [0, 0.1) is 0 Å². The van der Waals surface area contributed by atoms with E-state index in [4.69, 9.17) is 9.47 Å². The van der Waals surface area contributed by atoms with Gasteiger partial charge in [-0.05, 0) is 54.5 Å². The van der Waals surface area contributed by atoms with Crippen LogP contribution in [0.15, 0.2) is 42.5 Å². The number of hydrogen-bond acceptors (Lipinski definition) is 3. The van der Waals surface area contributed by atoms with Crippen LogP contribution in [0.3, 0.4) is 0 Å². The molecule has 0 saturated carbocycles. The lowest BCUT2D eigenvalue weighted by molar-refractivity contribution is -0.121. The maximum Gasteiger partial charge on any atom is 0.231 e. The zero-order chi connectivity index (χ0) is 17.1. The van der Waals surface area contributed by atoms with Crippen LogP contribution >= 0.6 is 0 Å². The van der Waals surface area contributed by atoms with Crippen molar-refractivity contribution < 1.29 is 14.3 Å². The highest BCUT2D eigenvalue weighted by molar-refractivity contribution is 5.76. The summed E-state index contributed by atoms with van der Waals surface area (Å²) in [5.74, 6) is 2.11. The summed E-state index contributed by atoms with van der Waals surface area (Å²) < 4.78 is 10.7. The van der Waals surface area contributed by atoms with Gasteiger partial charge in [0.25, 0.3) is 0 Å². The molecule has 0 fully saturated rings. The van der Waals surface area contributed by atoms with Crippen molar-refractivity contribution in [1.29, 1.82) is 0 Å². The number of aryl methyl sites for hydroxylation is 2. The van der Waals surface area contributed by atoms with Crippen LogP contribution in [0.2, 0.25) is 0 Å². The van der Waals surface area contributed by atoms with Gasteiger partial charge >= 0.3 is 0 Å². The van der Waals surface area contributed by atoms with E-state index in [-0.39, 0.29) is 12.7 Å². The summed E-state index contributed by atoms with van der Waals surface area (Å²) in [6.07, 6.45) is 4.72. The number of benzene rings is 2. The second-order valence-electron chi connectivity index (χ2n) is 6.78. The molecule has 130 valence electrons. The van der Waals surface area contributed by atoms with Crippen molar-refractivity contribution in [2.75, 3.05) is 13.3 Å². The summed E-state index contributed by atoms with van der Waals surface area (Å²) in [5, 5.41) is 3.12. The van der Waals surface area contributed by atoms with Gasteiger partial charge in [-0.25, -0.2) is 0 Å². The molecule has 0 spiro atoms. The third-order valence-electron chi connectivity index (χ3n) is 5.12. The van der Waals surface area contributed by atoms with Crippen LogP contribution in [0.4, 0.5) is 0 Å². The Kier molecular flexibility index (Phi) is 4.59. The van der Waals surface area contributed by atoms with Crippen molar-refractivity contribution in [3.63, 3.8) is 0 Å². The van der Waals surface area contributed by atoms with Gasteiger partial charge in [0.15, 0.2) is 11.5 Å². The molecule has 0 unspecified atom stereocenters. The second-order valence-corrected chi connectivity index (χ2v) is 6.78. The van der Waals surface area contributed by atoms with Gasteiger partial charge in [0.1, 0.15) is 0 Å². The van der Waals surface area contributed by atoms with Crippen LogP contribution in [0.1, 0.15) is 41.9 Å². The highest BCUT2D eigenvalue weighted by atomic mass is 16.7. The average Bonchev–Trinajstić information content (AvgIpc) is 3.12. The highest BCUT2D eigenvalue weighted by Crippen LogP contribution is 2.33. The molecule has 4 nitrogen and oxygen atoms in total. The Hall–Kier alpha value is -2.49. The van der Waals surface area contributed by atoms with Gasteiger partial charge in [-0.15, -0.1) is 0 Å². The molecular weight excluding hydrogens is 314 g/mol. The minimum absolute atomic E-state index is 0.112. The largest absolute Gasteiger partial charge is 0.454 e. The van der Waals surface area contributed by atoms with E-state index in [0.29, 0.717) is 18.8 Å². The number of carbonyl (C=O) groups excluding carboxylic acids is 1. The van der Waals surface area contributed by atoms with Gasteiger partial charge in [0.2, 0.25) is 12.7 Å². The predicted octanol–water partition coefficient (Wildman–Crippen LogP) is 3.58. The molecule has 0 saturated heterocycles. The smallest absolute Gasteiger partial charge is 0.231 e. The molecule has 2 aliphatic rings. The van der Waals surface area contributed by atoms with Crippen molar-refractivity contribution in [2.45, 2.75) is 38.0 Å². The lowest BCUT2D eigenvalue weighted by Gasteiger charge is -2.25. The van der Waals surface area contributed by atoms with E-state index in [9.17, 15) is 4.79 Å². The van der Waals surface area contributed by atoms with Crippen molar-refractivity contribution >= 4 is 5.91 Å². The molecule has 1 atom stereocenters. The van der Waals surface area contributed by atoms with Crippen LogP contribution < -0.4 is 14.8 Å². The molecule has 2 aromatic carbocycles. The standard InChI is InChI=1S/C21H23NO3/c23-21(11-9-15-8-10-19-20(12-15)25-14-24-19)22-13-17-6-3-5-16-4-1-2-7-18(16)17/h1-2,4,7-8,10,12,17H,3,5-6,9,11,13-14H2,(H,22,23)/t17-/m1/s1. The first-order chi connectivity index (χ1) is 12.3. The molecule has 1 aliphatic heterocycles. The summed E-state index contributed by atoms with van der Waals surface area (Å²) in [5.41, 5.74) is 3.94. The molecular formula is C21H23NO3. The van der Waals surface area contributed by atoms with Gasteiger partial charge in [-0.1, -0.05) is 30.3 Å². The minimum atomic E-state index is 0.112. The molecule has 1 amide bonds. The minimum Gasteiger partial charge on any atom is -0.454 e. The van der Waals surface area contributed by atoms with E-state index >= 15 is 0 Å². The quantitative estimate of drug-likeness (QED) is 0.907. The monoisotopic (exact) mass is 337 g/mol. The number of carbonyl (C=O) groups is 1. The third-order valence-corrected chi connectivity index (χ3v) is 5.12. The fourth-order valence-electron chi connectivity index (χ4n) is 3.75. The summed E-state index contributed by atoms with van der Waals surface area (Å²) in [7, 11) is 0. The van der Waals surface area contributed by atoms with Crippen LogP contribution in [0.25, 0.3) is 0 Å². The molecule has 0 aromatic heterocycles. The molecule has 0 bridgehead atoms. The summed E-state index contributed by atoms with van der Waals surface area (Å²) in [6.45, 7) is 1.01. The Morgan fingerprint density at radius 1 is 1.12 bits per heavy atom. The van der Waals surface area contributed by atoms with E-state index in [1.54, 1.807) is 0 Å². The molecule has 0 radical (unpaired) electrons. The predicted molar refractivity (Wildman–Crippen MR) is 96.0 cm³/mol. The Balaban J connectivity index is 1.29. The van der Waals surface area contributed by atoms with Crippen LogP contribution in [0.5, 0.6) is 11.5 Å². The van der Waals surface area contributed by atoms with Crippen molar-refractivity contribution in [2.24, 2.45) is 0 Å². The van der Waals surface area contributed by atoms with Gasteiger partial charge < -0.3 is 14.8 Å². The van der Waals surface area contributed by atoms with E-state index in [1.165, 1.54) is 17.5 Å². The lowest BCUT2D eigenvalue weighted by atomic mass is 9.83. The van der Waals surface area contributed by atoms with Crippen LogP contribution in [-0.2, 0) is 17.6 Å². The number of nitrogens with one attached hydrogen (secondary N) is 1. The zero-order valence-corrected chi connectivity index (χ0v) is 14.3. The van der Waals surface area contributed by atoms with E-state index in [0.717, 1.165) is 36.4 Å². The Bertz CT molecular complexity index is 771. The molecule has 2 aromatic rings. The Morgan fingerprint density at radius 3 is 2.96 bits per heavy atom. The first-order valence-electron chi connectivity index (χ1n) is 9.02. The van der Waals surface area contributed by atoms with E-state index < -0.39 is 0 Å². The molecule has 1 N–H and O–H groups in total. The first-order valence-corrected chi connectivity index (χ1v) is 9.02. The van der Waals surface area contributed by atoms with Crippen molar-refractivity contribution in [1.82, 2.24) is 5.32 Å². The van der Waals surface area contributed by atoms with E-state index in [1.807, 2.05) is 18.2 Å². The third kappa shape index (κ3) is 3.63. The number of amides is 1. The summed E-state index contributed by atoms with van der Waals surface area (Å²) in [6, 6.07) is 14.5. The average molecular weight is 337 g/mol. The number of rotatable bonds is 5. The summed E-state index contributed by atoms with van der Waals surface area (Å²) in [4.78, 5) is 12.2. The van der Waals surface area contributed by atoms with Crippen molar-refractivity contribution in [3.05, 3.63) is 59.2 Å². The van der Waals surface area contributed by atoms with Gasteiger partial charge in [-0.3, -0.25) is 4.79 Å². The lowest BCUT2D eigenvalue weighted by Crippen LogP contribution is -2.30. The zero-order valence-electron chi connectivity index (χ0n) is 14.3. The second kappa shape index (κ2) is 7.18. The fraction of sp³-hybridized carbons (Fsp3) is 0.381. The normalized spacial score (nSPS) is 17.8. The molecule has 4 heteroatoms. The maximum absolute atomic E-state index is 12.2. The highest BCUT2D eigenvalue weighted by Gasteiger charge is 2.20. The number of ether oxygens (including phenoxy) is 2. The Labute approximate surface area is 148 Å².